The van der Waals surface area contributed by atoms with Gasteiger partial charge in [0.25, 0.3) is 0 Å². The van der Waals surface area contributed by atoms with Gasteiger partial charge in [-0.3, -0.25) is 4.90 Å². The van der Waals surface area contributed by atoms with E-state index in [-0.39, 0.29) is 24.8 Å². The van der Waals surface area contributed by atoms with Gasteiger partial charge < -0.3 is 5.32 Å². The Hall–Kier alpha value is 0.450. The summed E-state index contributed by atoms with van der Waals surface area (Å²) in [4.78, 5) is 2.35. The summed E-state index contributed by atoms with van der Waals surface area (Å²) in [7, 11) is -2.71. The Labute approximate surface area is 110 Å². The third-order valence-electron chi connectivity index (χ3n) is 3.20. The third-order valence-corrected chi connectivity index (χ3v) is 4.81. The number of halogens is 2. The first-order valence-corrected chi connectivity index (χ1v) is 7.15. The fourth-order valence-electron chi connectivity index (χ4n) is 2.26. The Morgan fingerprint density at radius 2 is 1.50 bits per heavy atom. The number of hydrogen-bond acceptors (Lipinski definition) is 4. The molecule has 1 N–H and O–H groups in total. The molecule has 0 spiro atoms. The minimum atomic E-state index is -2.71. The van der Waals surface area contributed by atoms with Crippen molar-refractivity contribution in [2.24, 2.45) is 0 Å². The van der Waals surface area contributed by atoms with E-state index in [9.17, 15) is 8.42 Å². The maximum Gasteiger partial charge on any atom is 0.152 e. The van der Waals surface area contributed by atoms with Gasteiger partial charge in [0.15, 0.2) is 9.84 Å². The number of sulfone groups is 1. The zero-order valence-corrected chi connectivity index (χ0v) is 11.7. The van der Waals surface area contributed by atoms with Crippen molar-refractivity contribution >= 4 is 34.7 Å². The molecule has 2 heterocycles. The van der Waals surface area contributed by atoms with Crippen molar-refractivity contribution in [1.82, 2.24) is 10.2 Å². The molecule has 2 fully saturated rings. The number of rotatable bonds is 1. The van der Waals surface area contributed by atoms with Crippen LogP contribution in [0.2, 0.25) is 0 Å². The minimum Gasteiger partial charge on any atom is -0.317 e. The van der Waals surface area contributed by atoms with Crippen LogP contribution in [0.15, 0.2) is 0 Å². The van der Waals surface area contributed by atoms with Gasteiger partial charge in [0.1, 0.15) is 0 Å². The minimum absolute atomic E-state index is 0. The summed E-state index contributed by atoms with van der Waals surface area (Å²) in [6, 6.07) is 0.617. The first kappa shape index (κ1) is 16.4. The van der Waals surface area contributed by atoms with Crippen molar-refractivity contribution in [3.8, 4) is 0 Å². The second kappa shape index (κ2) is 7.01. The Bertz CT molecular complexity index is 278. The lowest BCUT2D eigenvalue weighted by Crippen LogP contribution is -2.49. The normalized spacial score (nSPS) is 26.5. The Balaban J connectivity index is 0.00000112. The van der Waals surface area contributed by atoms with E-state index in [0.717, 1.165) is 26.2 Å². The van der Waals surface area contributed by atoms with Crippen molar-refractivity contribution in [3.63, 3.8) is 0 Å². The fourth-order valence-corrected chi connectivity index (χ4v) is 3.49. The summed E-state index contributed by atoms with van der Waals surface area (Å²) >= 11 is 0. The first-order chi connectivity index (χ1) is 6.67. The van der Waals surface area contributed by atoms with Crippen molar-refractivity contribution in [3.05, 3.63) is 0 Å². The van der Waals surface area contributed by atoms with Crippen LogP contribution in [0.4, 0.5) is 0 Å². The molecule has 0 bridgehead atoms. The Morgan fingerprint density at radius 1 is 1.00 bits per heavy atom. The summed E-state index contributed by atoms with van der Waals surface area (Å²) in [5.41, 5.74) is 0. The van der Waals surface area contributed by atoms with Crippen molar-refractivity contribution in [2.45, 2.75) is 18.9 Å². The number of piperidine rings is 1. The van der Waals surface area contributed by atoms with Crippen LogP contribution in [0.1, 0.15) is 12.8 Å². The molecular formula is C9H20Cl2N2O2S. The molecule has 2 saturated heterocycles. The molecule has 0 saturated carbocycles. The lowest BCUT2D eigenvalue weighted by molar-refractivity contribution is 0.175. The number of hydrogen-bond donors (Lipinski definition) is 1. The van der Waals surface area contributed by atoms with Crippen LogP contribution in [-0.4, -0.2) is 57.0 Å². The van der Waals surface area contributed by atoms with Crippen LogP contribution in [0.5, 0.6) is 0 Å². The average Bonchev–Trinajstić information content (AvgIpc) is 2.19. The smallest absolute Gasteiger partial charge is 0.152 e. The van der Waals surface area contributed by atoms with Crippen molar-refractivity contribution in [2.75, 3.05) is 37.7 Å². The largest absolute Gasteiger partial charge is 0.317 e. The van der Waals surface area contributed by atoms with Crippen LogP contribution < -0.4 is 5.32 Å². The first-order valence-electron chi connectivity index (χ1n) is 5.32. The van der Waals surface area contributed by atoms with Gasteiger partial charge >= 0.3 is 0 Å². The zero-order chi connectivity index (χ0) is 10.0. The van der Waals surface area contributed by atoms with E-state index in [1.165, 1.54) is 12.8 Å². The summed E-state index contributed by atoms with van der Waals surface area (Å²) in [5, 5.41) is 3.33. The maximum atomic E-state index is 11.2. The molecule has 0 unspecified atom stereocenters. The van der Waals surface area contributed by atoms with Gasteiger partial charge in [-0.15, -0.1) is 24.8 Å². The van der Waals surface area contributed by atoms with Crippen LogP contribution in [0, 0.1) is 0 Å². The van der Waals surface area contributed by atoms with Crippen molar-refractivity contribution < 1.29 is 8.42 Å². The summed E-state index contributed by atoms with van der Waals surface area (Å²) in [5.74, 6) is 0.716. The lowest BCUT2D eigenvalue weighted by atomic mass is 10.1. The molecule has 0 aromatic carbocycles. The Kier molecular flexibility index (Phi) is 7.21. The Morgan fingerprint density at radius 3 is 2.00 bits per heavy atom. The second-order valence-corrected chi connectivity index (χ2v) is 6.47. The van der Waals surface area contributed by atoms with Gasteiger partial charge in [0.2, 0.25) is 0 Å². The molecule has 98 valence electrons. The number of nitrogens with one attached hydrogen (secondary N) is 1. The van der Waals surface area contributed by atoms with E-state index in [1.807, 2.05) is 0 Å². The van der Waals surface area contributed by atoms with Crippen LogP contribution in [0.25, 0.3) is 0 Å². The molecule has 16 heavy (non-hydrogen) atoms. The lowest BCUT2D eigenvalue weighted by Gasteiger charge is -2.36. The van der Waals surface area contributed by atoms with Crippen LogP contribution in [0.3, 0.4) is 0 Å². The van der Waals surface area contributed by atoms with E-state index in [4.69, 9.17) is 0 Å². The predicted molar refractivity (Wildman–Crippen MR) is 70.6 cm³/mol. The molecule has 0 aromatic rings. The van der Waals surface area contributed by atoms with Crippen molar-refractivity contribution in [1.29, 1.82) is 0 Å². The van der Waals surface area contributed by atoms with Gasteiger partial charge in [0, 0.05) is 19.1 Å². The standard InChI is InChI=1S/C9H18N2O2S.2ClH/c12-14(13)7-5-11(6-8-14)9-1-3-10-4-2-9;;/h9-10H,1-8H2;2*1H. The number of nitrogens with zero attached hydrogens (tertiary/aromatic N) is 1. The van der Waals surface area contributed by atoms with E-state index < -0.39 is 9.84 Å². The quantitative estimate of drug-likeness (QED) is 0.755. The molecular weight excluding hydrogens is 271 g/mol. The summed E-state index contributed by atoms with van der Waals surface area (Å²) in [6.07, 6.45) is 2.33. The van der Waals surface area contributed by atoms with Gasteiger partial charge in [-0.2, -0.15) is 0 Å². The zero-order valence-electron chi connectivity index (χ0n) is 9.22. The summed E-state index contributed by atoms with van der Waals surface area (Å²) < 4.78 is 22.5. The molecule has 0 aromatic heterocycles. The molecule has 2 aliphatic rings. The average molecular weight is 291 g/mol. The monoisotopic (exact) mass is 290 g/mol. The van der Waals surface area contributed by atoms with E-state index in [1.54, 1.807) is 0 Å². The molecule has 0 atom stereocenters. The molecule has 4 nitrogen and oxygen atoms in total. The predicted octanol–water partition coefficient (Wildman–Crippen LogP) is 0.312. The van der Waals surface area contributed by atoms with Crippen LogP contribution in [-0.2, 0) is 9.84 Å². The second-order valence-electron chi connectivity index (χ2n) is 4.17. The highest BCUT2D eigenvalue weighted by Crippen LogP contribution is 2.14. The van der Waals surface area contributed by atoms with Crippen LogP contribution >= 0.6 is 24.8 Å². The van der Waals surface area contributed by atoms with Gasteiger partial charge in [-0.1, -0.05) is 0 Å². The molecule has 0 aliphatic carbocycles. The topological polar surface area (TPSA) is 49.4 Å². The summed E-state index contributed by atoms with van der Waals surface area (Å²) in [6.45, 7) is 3.64. The fraction of sp³-hybridized carbons (Fsp3) is 1.00. The molecule has 0 radical (unpaired) electrons. The van der Waals surface area contributed by atoms with E-state index in [0.29, 0.717) is 17.5 Å². The highest BCUT2D eigenvalue weighted by molar-refractivity contribution is 7.91. The van der Waals surface area contributed by atoms with Gasteiger partial charge in [0.05, 0.1) is 11.5 Å². The molecule has 7 heteroatoms. The highest BCUT2D eigenvalue weighted by Gasteiger charge is 2.27. The molecule has 2 rings (SSSR count). The highest BCUT2D eigenvalue weighted by atomic mass is 35.5. The van der Waals surface area contributed by atoms with E-state index in [2.05, 4.69) is 10.2 Å². The van der Waals surface area contributed by atoms with Gasteiger partial charge in [-0.05, 0) is 25.9 Å². The molecule has 0 amide bonds. The van der Waals surface area contributed by atoms with Gasteiger partial charge in [-0.25, -0.2) is 8.42 Å². The molecule has 2 aliphatic heterocycles. The third kappa shape index (κ3) is 4.37. The SMILES string of the molecule is Cl.Cl.O=S1(=O)CCN(C2CCNCC2)CC1. The maximum absolute atomic E-state index is 11.2. The van der Waals surface area contributed by atoms with E-state index >= 15 is 0 Å².